The highest BCUT2D eigenvalue weighted by atomic mass is 35.5. The molecule has 1 fully saturated rings. The Morgan fingerprint density at radius 2 is 2.25 bits per heavy atom. The molecule has 16 heavy (non-hydrogen) atoms. The number of aliphatic hydroxyl groups excluding tert-OH is 1. The average Bonchev–Trinajstić information content (AvgIpc) is 2.30. The van der Waals surface area contributed by atoms with Crippen LogP contribution in [0.4, 0.5) is 5.69 Å². The molecule has 0 saturated heterocycles. The fraction of sp³-hybridized carbons (Fsp3) is 0.583. The summed E-state index contributed by atoms with van der Waals surface area (Å²) in [4.78, 5) is 3.93. The number of aromatic nitrogens is 1. The molecule has 1 saturated carbocycles. The van der Waals surface area contributed by atoms with Gasteiger partial charge in [-0.1, -0.05) is 24.4 Å². The first-order valence-electron chi connectivity index (χ1n) is 5.79. The van der Waals surface area contributed by atoms with Gasteiger partial charge in [-0.25, -0.2) is 0 Å². The first-order valence-corrected chi connectivity index (χ1v) is 6.16. The Bertz CT molecular complexity index is 346. The molecule has 88 valence electrons. The fourth-order valence-corrected chi connectivity index (χ4v) is 2.37. The summed E-state index contributed by atoms with van der Waals surface area (Å²) in [5, 5.41) is 13.7. The number of anilines is 1. The zero-order valence-corrected chi connectivity index (χ0v) is 9.95. The predicted octanol–water partition coefficient (Wildman–Crippen LogP) is 2.70. The Balaban J connectivity index is 1.89. The number of nitrogens with one attached hydrogen (secondary N) is 1. The number of pyridine rings is 1. The standard InChI is InChI=1S/C12H17ClN2O/c13-10-8-14-6-5-11(10)15-7-9-3-1-2-4-12(9)16/h5-6,8-9,12,16H,1-4,7H2,(H,14,15). The summed E-state index contributed by atoms with van der Waals surface area (Å²) in [6, 6.07) is 1.86. The normalized spacial score (nSPS) is 25.4. The van der Waals surface area contributed by atoms with Gasteiger partial charge in [-0.2, -0.15) is 0 Å². The van der Waals surface area contributed by atoms with E-state index in [0.717, 1.165) is 31.5 Å². The molecule has 1 aliphatic rings. The summed E-state index contributed by atoms with van der Waals surface area (Å²) in [6.45, 7) is 0.783. The maximum absolute atomic E-state index is 9.83. The van der Waals surface area contributed by atoms with Gasteiger partial charge in [0.05, 0.1) is 16.8 Å². The zero-order chi connectivity index (χ0) is 11.4. The van der Waals surface area contributed by atoms with Crippen LogP contribution < -0.4 is 5.32 Å². The summed E-state index contributed by atoms with van der Waals surface area (Å²) < 4.78 is 0. The van der Waals surface area contributed by atoms with E-state index in [1.54, 1.807) is 12.4 Å². The molecule has 0 radical (unpaired) electrons. The molecule has 1 aliphatic carbocycles. The van der Waals surface area contributed by atoms with E-state index < -0.39 is 0 Å². The van der Waals surface area contributed by atoms with Gasteiger partial charge in [-0.05, 0) is 18.9 Å². The monoisotopic (exact) mass is 240 g/mol. The van der Waals surface area contributed by atoms with Crippen molar-refractivity contribution in [3.8, 4) is 0 Å². The average molecular weight is 241 g/mol. The highest BCUT2D eigenvalue weighted by Crippen LogP contribution is 2.26. The second-order valence-corrected chi connectivity index (χ2v) is 4.76. The highest BCUT2D eigenvalue weighted by Gasteiger charge is 2.22. The van der Waals surface area contributed by atoms with Gasteiger partial charge in [0.2, 0.25) is 0 Å². The fourth-order valence-electron chi connectivity index (χ4n) is 2.19. The lowest BCUT2D eigenvalue weighted by Crippen LogP contribution is -2.30. The first-order chi connectivity index (χ1) is 7.77. The minimum Gasteiger partial charge on any atom is -0.393 e. The number of halogens is 1. The number of hydrogen-bond donors (Lipinski definition) is 2. The Labute approximate surface area is 101 Å². The molecule has 1 aromatic heterocycles. The number of nitrogens with zero attached hydrogens (tertiary/aromatic N) is 1. The summed E-state index contributed by atoms with van der Waals surface area (Å²) in [5.74, 6) is 0.345. The van der Waals surface area contributed by atoms with E-state index in [-0.39, 0.29) is 6.10 Å². The molecule has 2 atom stereocenters. The quantitative estimate of drug-likeness (QED) is 0.854. The molecular formula is C12H17ClN2O. The van der Waals surface area contributed by atoms with Crippen LogP contribution in [0.5, 0.6) is 0 Å². The van der Waals surface area contributed by atoms with E-state index in [1.807, 2.05) is 6.07 Å². The van der Waals surface area contributed by atoms with Crippen molar-refractivity contribution >= 4 is 17.3 Å². The van der Waals surface area contributed by atoms with Crippen LogP contribution in [0.3, 0.4) is 0 Å². The van der Waals surface area contributed by atoms with Crippen molar-refractivity contribution in [1.29, 1.82) is 0 Å². The van der Waals surface area contributed by atoms with E-state index in [2.05, 4.69) is 10.3 Å². The van der Waals surface area contributed by atoms with Crippen LogP contribution in [-0.2, 0) is 0 Å². The predicted molar refractivity (Wildman–Crippen MR) is 65.7 cm³/mol. The van der Waals surface area contributed by atoms with Gasteiger partial charge < -0.3 is 10.4 Å². The van der Waals surface area contributed by atoms with E-state index in [4.69, 9.17) is 11.6 Å². The third kappa shape index (κ3) is 2.86. The molecule has 0 spiro atoms. The second-order valence-electron chi connectivity index (χ2n) is 4.35. The minimum absolute atomic E-state index is 0.165. The van der Waals surface area contributed by atoms with Crippen molar-refractivity contribution in [3.05, 3.63) is 23.5 Å². The van der Waals surface area contributed by atoms with Crippen LogP contribution in [0.15, 0.2) is 18.5 Å². The lowest BCUT2D eigenvalue weighted by Gasteiger charge is -2.28. The number of hydrogen-bond acceptors (Lipinski definition) is 3. The van der Waals surface area contributed by atoms with Crippen molar-refractivity contribution in [3.63, 3.8) is 0 Å². The van der Waals surface area contributed by atoms with Gasteiger partial charge in [0.1, 0.15) is 0 Å². The lowest BCUT2D eigenvalue weighted by atomic mass is 9.86. The van der Waals surface area contributed by atoms with E-state index >= 15 is 0 Å². The van der Waals surface area contributed by atoms with E-state index in [1.165, 1.54) is 6.42 Å². The molecule has 1 aromatic rings. The van der Waals surface area contributed by atoms with Crippen molar-refractivity contribution in [1.82, 2.24) is 4.98 Å². The summed E-state index contributed by atoms with van der Waals surface area (Å²) in [5.41, 5.74) is 0.898. The second kappa shape index (κ2) is 5.51. The van der Waals surface area contributed by atoms with Gasteiger partial charge >= 0.3 is 0 Å². The Morgan fingerprint density at radius 3 is 3.00 bits per heavy atom. The van der Waals surface area contributed by atoms with Gasteiger partial charge in [0.15, 0.2) is 0 Å². The maximum Gasteiger partial charge on any atom is 0.0820 e. The highest BCUT2D eigenvalue weighted by molar-refractivity contribution is 6.33. The lowest BCUT2D eigenvalue weighted by molar-refractivity contribution is 0.0763. The number of aliphatic hydroxyl groups is 1. The maximum atomic E-state index is 9.83. The third-order valence-electron chi connectivity index (χ3n) is 3.20. The third-order valence-corrected chi connectivity index (χ3v) is 3.50. The van der Waals surface area contributed by atoms with Crippen LogP contribution in [0.2, 0.25) is 5.02 Å². The summed E-state index contributed by atoms with van der Waals surface area (Å²) in [7, 11) is 0. The van der Waals surface area contributed by atoms with E-state index in [0.29, 0.717) is 10.9 Å². The molecule has 1 heterocycles. The van der Waals surface area contributed by atoms with E-state index in [9.17, 15) is 5.11 Å². The van der Waals surface area contributed by atoms with Crippen LogP contribution in [0, 0.1) is 5.92 Å². The Kier molecular flexibility index (Phi) is 4.02. The topological polar surface area (TPSA) is 45.1 Å². The summed E-state index contributed by atoms with van der Waals surface area (Å²) in [6.07, 6.45) is 7.56. The van der Waals surface area contributed by atoms with Crippen molar-refractivity contribution in [2.75, 3.05) is 11.9 Å². The number of rotatable bonds is 3. The largest absolute Gasteiger partial charge is 0.393 e. The van der Waals surface area contributed by atoms with Crippen LogP contribution >= 0.6 is 11.6 Å². The van der Waals surface area contributed by atoms with Crippen molar-refractivity contribution in [2.24, 2.45) is 5.92 Å². The first kappa shape index (κ1) is 11.7. The Morgan fingerprint density at radius 1 is 1.44 bits per heavy atom. The molecule has 2 rings (SSSR count). The minimum atomic E-state index is -0.165. The van der Waals surface area contributed by atoms with Crippen LogP contribution in [0.25, 0.3) is 0 Å². The van der Waals surface area contributed by atoms with Gasteiger partial charge in [-0.3, -0.25) is 4.98 Å². The summed E-state index contributed by atoms with van der Waals surface area (Å²) >= 11 is 5.99. The SMILES string of the molecule is OC1CCCCC1CNc1ccncc1Cl. The smallest absolute Gasteiger partial charge is 0.0820 e. The molecule has 2 unspecified atom stereocenters. The van der Waals surface area contributed by atoms with Gasteiger partial charge in [0, 0.05) is 24.9 Å². The Hall–Kier alpha value is -0.800. The van der Waals surface area contributed by atoms with Crippen molar-refractivity contribution in [2.45, 2.75) is 31.8 Å². The van der Waals surface area contributed by atoms with Gasteiger partial charge in [0.25, 0.3) is 0 Å². The molecule has 2 N–H and O–H groups in total. The molecule has 0 bridgehead atoms. The molecule has 0 aromatic carbocycles. The van der Waals surface area contributed by atoms with Crippen molar-refractivity contribution < 1.29 is 5.11 Å². The molecular weight excluding hydrogens is 224 g/mol. The molecule has 4 heteroatoms. The molecule has 0 aliphatic heterocycles. The molecule has 0 amide bonds. The zero-order valence-electron chi connectivity index (χ0n) is 9.19. The van der Waals surface area contributed by atoms with Gasteiger partial charge in [-0.15, -0.1) is 0 Å². The molecule has 3 nitrogen and oxygen atoms in total. The van der Waals surface area contributed by atoms with Crippen LogP contribution in [-0.4, -0.2) is 22.7 Å². The van der Waals surface area contributed by atoms with Crippen LogP contribution in [0.1, 0.15) is 25.7 Å².